The van der Waals surface area contributed by atoms with Gasteiger partial charge in [-0.1, -0.05) is 24.3 Å². The van der Waals surface area contributed by atoms with Crippen LogP contribution in [0.25, 0.3) is 10.9 Å². The van der Waals surface area contributed by atoms with Crippen molar-refractivity contribution in [2.45, 2.75) is 31.8 Å². The SMILES string of the molecule is Cc1cc(C)c2cc(C(=O)OC(C)C(=O)N3CCN(S(=O)(=O)c4ccccc4)CC3)[nH]c2c1. The van der Waals surface area contributed by atoms with Crippen molar-refractivity contribution in [1.29, 1.82) is 0 Å². The second kappa shape index (κ2) is 8.99. The van der Waals surface area contributed by atoms with Crippen molar-refractivity contribution in [1.82, 2.24) is 14.2 Å². The molecule has 1 atom stereocenters. The number of nitrogens with zero attached hydrogens (tertiary/aromatic N) is 2. The first kappa shape index (κ1) is 23.0. The van der Waals surface area contributed by atoms with E-state index in [1.165, 1.54) is 16.1 Å². The van der Waals surface area contributed by atoms with Crippen molar-refractivity contribution in [2.24, 2.45) is 0 Å². The fourth-order valence-electron chi connectivity index (χ4n) is 4.13. The highest BCUT2D eigenvalue weighted by Gasteiger charge is 2.32. The minimum Gasteiger partial charge on any atom is -0.448 e. The molecule has 1 aliphatic heterocycles. The summed E-state index contributed by atoms with van der Waals surface area (Å²) in [6.07, 6.45) is -0.982. The fourth-order valence-corrected chi connectivity index (χ4v) is 5.57. The number of esters is 1. The number of carbonyl (C=O) groups is 2. The number of fused-ring (bicyclic) bond motifs is 1. The van der Waals surface area contributed by atoms with E-state index < -0.39 is 22.1 Å². The number of amides is 1. The molecule has 0 spiro atoms. The molecule has 1 saturated heterocycles. The van der Waals surface area contributed by atoms with Crippen molar-refractivity contribution in [3.63, 3.8) is 0 Å². The van der Waals surface area contributed by atoms with Crippen LogP contribution in [0.3, 0.4) is 0 Å². The molecule has 0 bridgehead atoms. The monoisotopic (exact) mass is 469 g/mol. The van der Waals surface area contributed by atoms with Gasteiger partial charge in [-0.2, -0.15) is 4.31 Å². The summed E-state index contributed by atoms with van der Waals surface area (Å²) in [4.78, 5) is 30.3. The maximum Gasteiger partial charge on any atom is 0.355 e. The van der Waals surface area contributed by atoms with Crippen LogP contribution in [0.1, 0.15) is 28.5 Å². The number of aromatic nitrogens is 1. The highest BCUT2D eigenvalue weighted by molar-refractivity contribution is 7.89. The van der Waals surface area contributed by atoms with Crippen molar-refractivity contribution in [3.8, 4) is 0 Å². The number of hydrogen-bond acceptors (Lipinski definition) is 5. The quantitative estimate of drug-likeness (QED) is 0.579. The van der Waals surface area contributed by atoms with Gasteiger partial charge in [0, 0.05) is 37.1 Å². The standard InChI is InChI=1S/C24H27N3O5S/c1-16-13-17(2)20-15-22(25-21(20)14-16)24(29)32-18(3)23(28)26-9-11-27(12-10-26)33(30,31)19-7-5-4-6-8-19/h4-8,13-15,18,25H,9-12H2,1-3H3. The van der Waals surface area contributed by atoms with Crippen LogP contribution in [0.5, 0.6) is 0 Å². The Morgan fingerprint density at radius 2 is 1.67 bits per heavy atom. The fraction of sp³-hybridized carbons (Fsp3) is 0.333. The summed E-state index contributed by atoms with van der Waals surface area (Å²) in [7, 11) is -3.60. The van der Waals surface area contributed by atoms with E-state index in [9.17, 15) is 18.0 Å². The number of piperazine rings is 1. The topological polar surface area (TPSA) is 99.8 Å². The third-order valence-corrected chi connectivity index (χ3v) is 7.78. The lowest BCUT2D eigenvalue weighted by atomic mass is 10.1. The number of sulfonamides is 1. The van der Waals surface area contributed by atoms with E-state index in [-0.39, 0.29) is 42.7 Å². The lowest BCUT2D eigenvalue weighted by molar-refractivity contribution is -0.141. The van der Waals surface area contributed by atoms with Crippen molar-refractivity contribution >= 4 is 32.8 Å². The van der Waals surface area contributed by atoms with Gasteiger partial charge < -0.3 is 14.6 Å². The highest BCUT2D eigenvalue weighted by Crippen LogP contribution is 2.22. The Labute approximate surface area is 193 Å². The normalized spacial score (nSPS) is 16.0. The van der Waals surface area contributed by atoms with Crippen molar-refractivity contribution in [3.05, 3.63) is 65.4 Å². The second-order valence-electron chi connectivity index (χ2n) is 8.32. The van der Waals surface area contributed by atoms with Crippen LogP contribution in [0, 0.1) is 13.8 Å². The smallest absolute Gasteiger partial charge is 0.355 e. The molecule has 4 rings (SSSR count). The van der Waals surface area contributed by atoms with Gasteiger partial charge in [0.1, 0.15) is 5.69 Å². The van der Waals surface area contributed by atoms with Crippen LogP contribution in [0.15, 0.2) is 53.4 Å². The lowest BCUT2D eigenvalue weighted by Gasteiger charge is -2.35. The number of nitrogens with one attached hydrogen (secondary N) is 1. The minimum absolute atomic E-state index is 0.185. The van der Waals surface area contributed by atoms with Gasteiger partial charge in [-0.05, 0) is 56.2 Å². The molecular weight excluding hydrogens is 442 g/mol. The molecule has 8 nitrogen and oxygen atoms in total. The van der Waals surface area contributed by atoms with Gasteiger partial charge in [-0.25, -0.2) is 13.2 Å². The van der Waals surface area contributed by atoms with Crippen LogP contribution >= 0.6 is 0 Å². The summed E-state index contributed by atoms with van der Waals surface area (Å²) in [6.45, 7) is 6.33. The Morgan fingerprint density at radius 3 is 2.33 bits per heavy atom. The van der Waals surface area contributed by atoms with Crippen molar-refractivity contribution < 1.29 is 22.7 Å². The van der Waals surface area contributed by atoms with E-state index in [1.807, 2.05) is 26.0 Å². The van der Waals surface area contributed by atoms with Crippen LogP contribution in [0.4, 0.5) is 0 Å². The van der Waals surface area contributed by atoms with Crippen molar-refractivity contribution in [2.75, 3.05) is 26.2 Å². The molecule has 1 aromatic heterocycles. The average Bonchev–Trinajstić information content (AvgIpc) is 3.24. The molecule has 0 aliphatic carbocycles. The van der Waals surface area contributed by atoms with E-state index in [0.717, 1.165) is 22.0 Å². The molecule has 33 heavy (non-hydrogen) atoms. The molecule has 2 aromatic carbocycles. The highest BCUT2D eigenvalue weighted by atomic mass is 32.2. The van der Waals surface area contributed by atoms with Gasteiger partial charge in [0.05, 0.1) is 4.90 Å². The predicted molar refractivity (Wildman–Crippen MR) is 124 cm³/mol. The Kier molecular flexibility index (Phi) is 6.27. The summed E-state index contributed by atoms with van der Waals surface area (Å²) in [5.74, 6) is -0.947. The number of rotatable bonds is 5. The first-order valence-corrected chi connectivity index (χ1v) is 12.3. The number of aryl methyl sites for hydroxylation is 2. The molecule has 1 N–H and O–H groups in total. The molecule has 0 saturated carbocycles. The molecule has 174 valence electrons. The molecule has 1 aliphatic rings. The molecule has 1 unspecified atom stereocenters. The minimum atomic E-state index is -3.60. The van der Waals surface area contributed by atoms with Crippen LogP contribution in [-0.4, -0.2) is 66.8 Å². The summed E-state index contributed by atoms with van der Waals surface area (Å²) in [6, 6.07) is 14.0. The lowest BCUT2D eigenvalue weighted by Crippen LogP contribution is -2.52. The first-order chi connectivity index (χ1) is 15.7. The number of benzene rings is 2. The van der Waals surface area contributed by atoms with Gasteiger partial charge >= 0.3 is 5.97 Å². The summed E-state index contributed by atoms with van der Waals surface area (Å²) in [5.41, 5.74) is 3.26. The number of H-pyrrole nitrogens is 1. The van der Waals surface area contributed by atoms with E-state index in [2.05, 4.69) is 4.98 Å². The third-order valence-electron chi connectivity index (χ3n) is 5.87. The average molecular weight is 470 g/mol. The molecular formula is C24H27N3O5S. The number of hydrogen-bond donors (Lipinski definition) is 1. The molecule has 1 fully saturated rings. The van der Waals surface area contributed by atoms with E-state index in [1.54, 1.807) is 36.4 Å². The number of ether oxygens (including phenoxy) is 1. The zero-order valence-corrected chi connectivity index (χ0v) is 19.7. The molecule has 1 amide bonds. The summed E-state index contributed by atoms with van der Waals surface area (Å²) >= 11 is 0. The second-order valence-corrected chi connectivity index (χ2v) is 10.3. The summed E-state index contributed by atoms with van der Waals surface area (Å²) < 4.78 is 32.3. The Bertz CT molecular complexity index is 1290. The predicted octanol–water partition coefficient (Wildman–Crippen LogP) is 2.86. The third kappa shape index (κ3) is 4.65. The molecule has 9 heteroatoms. The number of carbonyl (C=O) groups excluding carboxylic acids is 2. The van der Waals surface area contributed by atoms with Gasteiger partial charge in [-0.3, -0.25) is 4.79 Å². The van der Waals surface area contributed by atoms with E-state index in [4.69, 9.17) is 4.74 Å². The van der Waals surface area contributed by atoms with Crippen LogP contribution in [-0.2, 0) is 19.6 Å². The first-order valence-electron chi connectivity index (χ1n) is 10.8. The van der Waals surface area contributed by atoms with Gasteiger partial charge in [0.15, 0.2) is 6.10 Å². The van der Waals surface area contributed by atoms with Gasteiger partial charge in [0.25, 0.3) is 5.91 Å². The molecule has 3 aromatic rings. The van der Waals surface area contributed by atoms with E-state index >= 15 is 0 Å². The largest absolute Gasteiger partial charge is 0.448 e. The summed E-state index contributed by atoms with van der Waals surface area (Å²) in [5, 5.41) is 0.933. The molecule has 2 heterocycles. The maximum absolute atomic E-state index is 12.8. The van der Waals surface area contributed by atoms with Crippen LogP contribution in [0.2, 0.25) is 0 Å². The maximum atomic E-state index is 12.8. The zero-order valence-electron chi connectivity index (χ0n) is 18.9. The Balaban J connectivity index is 1.37. The van der Waals surface area contributed by atoms with E-state index in [0.29, 0.717) is 0 Å². The Hall–Kier alpha value is -3.17. The molecule has 0 radical (unpaired) electrons. The Morgan fingerprint density at radius 1 is 1.00 bits per heavy atom. The van der Waals surface area contributed by atoms with Gasteiger partial charge in [0.2, 0.25) is 10.0 Å². The number of aromatic amines is 1. The van der Waals surface area contributed by atoms with Crippen LogP contribution < -0.4 is 0 Å². The zero-order chi connectivity index (χ0) is 23.8. The van der Waals surface area contributed by atoms with Gasteiger partial charge in [-0.15, -0.1) is 0 Å².